The van der Waals surface area contributed by atoms with Gasteiger partial charge in [-0.25, -0.2) is 9.78 Å². The van der Waals surface area contributed by atoms with Crippen LogP contribution >= 0.6 is 11.3 Å². The first kappa shape index (κ1) is 24.7. The van der Waals surface area contributed by atoms with Crippen molar-refractivity contribution in [2.24, 2.45) is 0 Å². The van der Waals surface area contributed by atoms with Crippen LogP contribution in [0.1, 0.15) is 57.4 Å². The topological polar surface area (TPSA) is 114 Å². The molecular weight excluding hydrogens is 442 g/mol. The molecule has 9 heteroatoms. The third-order valence-corrected chi connectivity index (χ3v) is 5.76. The lowest BCUT2D eigenvalue weighted by Gasteiger charge is -2.26. The Labute approximate surface area is 197 Å². The number of thiophene rings is 1. The smallest absolute Gasteiger partial charge is 0.408 e. The van der Waals surface area contributed by atoms with Gasteiger partial charge in [0.25, 0.3) is 0 Å². The number of aliphatic hydroxyl groups excluding tert-OH is 1. The maximum Gasteiger partial charge on any atom is 0.408 e. The van der Waals surface area contributed by atoms with Crippen molar-refractivity contribution in [2.75, 3.05) is 0 Å². The van der Waals surface area contributed by atoms with Gasteiger partial charge in [-0.2, -0.15) is 0 Å². The van der Waals surface area contributed by atoms with E-state index in [2.05, 4.69) is 15.6 Å². The fourth-order valence-corrected chi connectivity index (χ4v) is 4.13. The summed E-state index contributed by atoms with van der Waals surface area (Å²) in [7, 11) is 0. The third-order valence-electron chi connectivity index (χ3n) is 4.86. The highest BCUT2D eigenvalue weighted by Crippen LogP contribution is 2.24. The molecule has 0 bridgehead atoms. The minimum atomic E-state index is -1.13. The zero-order valence-corrected chi connectivity index (χ0v) is 20.1. The van der Waals surface area contributed by atoms with Crippen LogP contribution in [-0.2, 0) is 16.0 Å². The number of carbonyl (C=O) groups excluding carboxylic acids is 2. The second-order valence-corrected chi connectivity index (χ2v) is 9.88. The lowest BCUT2D eigenvalue weighted by molar-refractivity contribution is -0.125. The van der Waals surface area contributed by atoms with E-state index in [0.29, 0.717) is 23.9 Å². The van der Waals surface area contributed by atoms with Crippen LogP contribution in [0, 0.1) is 0 Å². The SMILES string of the molecule is CCC[C@H](NC(=O)[C@H](Cc1cccs1)NC(=O)OC(C)(C)C)C(O)c1nc2ccccc2o1. The molecule has 33 heavy (non-hydrogen) atoms. The number of fused-ring (bicyclic) bond motifs is 1. The Kier molecular flexibility index (Phi) is 8.10. The number of nitrogens with one attached hydrogen (secondary N) is 2. The summed E-state index contributed by atoms with van der Waals surface area (Å²) in [5, 5.41) is 18.4. The molecule has 0 fully saturated rings. The quantitative estimate of drug-likeness (QED) is 0.426. The molecule has 0 radical (unpaired) electrons. The van der Waals surface area contributed by atoms with Crippen molar-refractivity contribution in [2.45, 2.75) is 70.7 Å². The Hall–Kier alpha value is -2.91. The minimum absolute atomic E-state index is 0.143. The van der Waals surface area contributed by atoms with Gasteiger partial charge in [-0.3, -0.25) is 4.79 Å². The number of aromatic nitrogens is 1. The molecule has 3 aromatic rings. The summed E-state index contributed by atoms with van der Waals surface area (Å²) >= 11 is 1.50. The van der Waals surface area contributed by atoms with E-state index in [1.54, 1.807) is 32.9 Å². The number of benzene rings is 1. The molecular formula is C24H31N3O5S. The van der Waals surface area contributed by atoms with Gasteiger partial charge in [0.05, 0.1) is 6.04 Å². The number of alkyl carbamates (subject to hydrolysis) is 1. The Morgan fingerprint density at radius 3 is 2.58 bits per heavy atom. The summed E-state index contributed by atoms with van der Waals surface area (Å²) in [6, 6.07) is 9.52. The molecule has 178 valence electrons. The van der Waals surface area contributed by atoms with Gasteiger partial charge in [0, 0.05) is 11.3 Å². The lowest BCUT2D eigenvalue weighted by atomic mass is 10.0. The van der Waals surface area contributed by atoms with E-state index in [0.717, 1.165) is 11.3 Å². The van der Waals surface area contributed by atoms with Crippen LogP contribution in [0.15, 0.2) is 46.2 Å². The third kappa shape index (κ3) is 7.03. The molecule has 0 aliphatic carbocycles. The molecule has 2 amide bonds. The number of para-hydroxylation sites is 2. The van der Waals surface area contributed by atoms with Gasteiger partial charge in [-0.05, 0) is 50.8 Å². The van der Waals surface area contributed by atoms with E-state index >= 15 is 0 Å². The summed E-state index contributed by atoms with van der Waals surface area (Å²) < 4.78 is 11.0. The Morgan fingerprint density at radius 2 is 1.94 bits per heavy atom. The van der Waals surface area contributed by atoms with Crippen LogP contribution in [0.5, 0.6) is 0 Å². The van der Waals surface area contributed by atoms with Crippen molar-refractivity contribution in [1.29, 1.82) is 0 Å². The first-order valence-corrected chi connectivity index (χ1v) is 11.9. The second-order valence-electron chi connectivity index (χ2n) is 8.85. The highest BCUT2D eigenvalue weighted by molar-refractivity contribution is 7.09. The predicted octanol–water partition coefficient (Wildman–Crippen LogP) is 4.34. The molecule has 3 N–H and O–H groups in total. The molecule has 2 heterocycles. The number of amides is 2. The van der Waals surface area contributed by atoms with Crippen molar-refractivity contribution in [3.8, 4) is 0 Å². The van der Waals surface area contributed by atoms with Crippen molar-refractivity contribution in [3.05, 3.63) is 52.5 Å². The molecule has 2 aromatic heterocycles. The number of carbonyl (C=O) groups is 2. The van der Waals surface area contributed by atoms with Crippen molar-refractivity contribution in [3.63, 3.8) is 0 Å². The number of aliphatic hydroxyl groups is 1. The zero-order valence-electron chi connectivity index (χ0n) is 19.3. The van der Waals surface area contributed by atoms with E-state index in [4.69, 9.17) is 9.15 Å². The monoisotopic (exact) mass is 473 g/mol. The Bertz CT molecular complexity index is 1020. The molecule has 1 unspecified atom stereocenters. The van der Waals surface area contributed by atoms with Gasteiger partial charge < -0.3 is 24.9 Å². The maximum absolute atomic E-state index is 13.2. The molecule has 1 aromatic carbocycles. The molecule has 8 nitrogen and oxygen atoms in total. The summed E-state index contributed by atoms with van der Waals surface area (Å²) in [6.07, 6.45) is -0.280. The van der Waals surface area contributed by atoms with Crippen LogP contribution in [0.2, 0.25) is 0 Å². The molecule has 0 aliphatic rings. The summed E-state index contributed by atoms with van der Waals surface area (Å²) in [5.41, 5.74) is 0.507. The summed E-state index contributed by atoms with van der Waals surface area (Å²) in [5.74, 6) is -0.271. The number of rotatable bonds is 9. The number of ether oxygens (including phenoxy) is 1. The van der Waals surface area contributed by atoms with Crippen LogP contribution in [0.4, 0.5) is 4.79 Å². The number of nitrogens with zero attached hydrogens (tertiary/aromatic N) is 1. The average Bonchev–Trinajstić information content (AvgIpc) is 3.40. The van der Waals surface area contributed by atoms with Crippen molar-refractivity contribution < 1.29 is 23.8 Å². The number of oxazole rings is 1. The van der Waals surface area contributed by atoms with E-state index in [-0.39, 0.29) is 5.89 Å². The van der Waals surface area contributed by atoms with E-state index in [1.807, 2.05) is 36.6 Å². The normalized spacial score (nSPS) is 14.5. The molecule has 0 spiro atoms. The van der Waals surface area contributed by atoms with Crippen LogP contribution < -0.4 is 10.6 Å². The number of hydrogen-bond donors (Lipinski definition) is 3. The summed E-state index contributed by atoms with van der Waals surface area (Å²) in [6.45, 7) is 7.23. The highest BCUT2D eigenvalue weighted by atomic mass is 32.1. The van der Waals surface area contributed by atoms with Crippen LogP contribution in [-0.4, -0.2) is 39.8 Å². The number of hydrogen-bond acceptors (Lipinski definition) is 7. The Balaban J connectivity index is 1.76. The lowest BCUT2D eigenvalue weighted by Crippen LogP contribution is -2.52. The first-order valence-electron chi connectivity index (χ1n) is 11.0. The van der Waals surface area contributed by atoms with Crippen LogP contribution in [0.25, 0.3) is 11.1 Å². The van der Waals surface area contributed by atoms with Gasteiger partial charge in [0.1, 0.15) is 17.2 Å². The molecule has 0 saturated carbocycles. The fraction of sp³-hybridized carbons (Fsp3) is 0.458. The van der Waals surface area contributed by atoms with E-state index in [9.17, 15) is 14.7 Å². The fourth-order valence-electron chi connectivity index (χ4n) is 3.38. The highest BCUT2D eigenvalue weighted by Gasteiger charge is 2.31. The zero-order chi connectivity index (χ0) is 24.0. The van der Waals surface area contributed by atoms with Gasteiger partial charge >= 0.3 is 6.09 Å². The standard InChI is InChI=1S/C24H31N3O5S/c1-5-9-17(20(28)22-26-16-11-6-7-12-19(16)31-22)25-21(29)18(14-15-10-8-13-33-15)27-23(30)32-24(2,3)4/h6-8,10-13,17-18,20,28H,5,9,14H2,1-4H3,(H,25,29)(H,27,30)/t17-,18-,20?/m0/s1. The largest absolute Gasteiger partial charge is 0.444 e. The van der Waals surface area contributed by atoms with Gasteiger partial charge in [-0.1, -0.05) is 31.5 Å². The first-order chi connectivity index (χ1) is 15.7. The van der Waals surface area contributed by atoms with Crippen LogP contribution in [0.3, 0.4) is 0 Å². The molecule has 0 saturated heterocycles. The minimum Gasteiger partial charge on any atom is -0.444 e. The van der Waals surface area contributed by atoms with E-state index in [1.165, 1.54) is 11.3 Å². The molecule has 3 rings (SSSR count). The van der Waals surface area contributed by atoms with Gasteiger partial charge in [-0.15, -0.1) is 11.3 Å². The van der Waals surface area contributed by atoms with Crippen molar-refractivity contribution >= 4 is 34.4 Å². The predicted molar refractivity (Wildman–Crippen MR) is 127 cm³/mol. The van der Waals surface area contributed by atoms with E-state index < -0.39 is 35.8 Å². The van der Waals surface area contributed by atoms with Gasteiger partial charge in [0.15, 0.2) is 11.7 Å². The Morgan fingerprint density at radius 1 is 1.18 bits per heavy atom. The molecule has 3 atom stereocenters. The second kappa shape index (κ2) is 10.8. The maximum atomic E-state index is 13.2. The molecule has 0 aliphatic heterocycles. The average molecular weight is 474 g/mol. The summed E-state index contributed by atoms with van der Waals surface area (Å²) in [4.78, 5) is 30.9. The van der Waals surface area contributed by atoms with Gasteiger partial charge in [0.2, 0.25) is 11.8 Å². The van der Waals surface area contributed by atoms with Crippen molar-refractivity contribution in [1.82, 2.24) is 15.6 Å².